The summed E-state index contributed by atoms with van der Waals surface area (Å²) in [5.41, 5.74) is 2.58. The first-order valence-electron chi connectivity index (χ1n) is 10.3. The van der Waals surface area contributed by atoms with Crippen LogP contribution in [0.4, 0.5) is 4.79 Å². The predicted octanol–water partition coefficient (Wildman–Crippen LogP) is 3.53. The van der Waals surface area contributed by atoms with Gasteiger partial charge in [-0.15, -0.1) is 0 Å². The highest BCUT2D eigenvalue weighted by molar-refractivity contribution is 7.80. The van der Waals surface area contributed by atoms with Crippen LogP contribution >= 0.6 is 12.2 Å². The van der Waals surface area contributed by atoms with Gasteiger partial charge in [-0.1, -0.05) is 54.6 Å². The summed E-state index contributed by atoms with van der Waals surface area (Å²) in [6.07, 6.45) is 0.549. The molecule has 6 nitrogen and oxygen atoms in total. The third-order valence-electron chi connectivity index (χ3n) is 4.22. The maximum Gasteiger partial charge on any atom is 0.408 e. The number of alkyl carbamates (subject to hydrolysis) is 1. The third-order valence-corrected chi connectivity index (χ3v) is 4.51. The predicted molar refractivity (Wildman–Crippen MR) is 127 cm³/mol. The van der Waals surface area contributed by atoms with Crippen molar-refractivity contribution in [3.8, 4) is 0 Å². The van der Waals surface area contributed by atoms with Crippen LogP contribution in [0.15, 0.2) is 54.6 Å². The van der Waals surface area contributed by atoms with E-state index in [2.05, 4.69) is 28.1 Å². The lowest BCUT2D eigenvalue weighted by Crippen LogP contribution is -2.36. The third kappa shape index (κ3) is 10.6. The van der Waals surface area contributed by atoms with Gasteiger partial charge in [0.1, 0.15) is 5.60 Å². The minimum atomic E-state index is -0.592. The molecule has 2 rings (SSSR count). The van der Waals surface area contributed by atoms with Gasteiger partial charge in [0.25, 0.3) is 0 Å². The summed E-state index contributed by atoms with van der Waals surface area (Å²) in [5.74, 6) is -0.0888. The number of amides is 1. The molecule has 0 bridgehead atoms. The first-order chi connectivity index (χ1) is 14.7. The maximum absolute atomic E-state index is 12.2. The summed E-state index contributed by atoms with van der Waals surface area (Å²) >= 11 is 5.34. The molecule has 0 aliphatic heterocycles. The van der Waals surface area contributed by atoms with E-state index in [1.54, 1.807) is 20.8 Å². The van der Waals surface area contributed by atoms with E-state index in [-0.39, 0.29) is 18.7 Å². The van der Waals surface area contributed by atoms with Crippen molar-refractivity contribution in [2.75, 3.05) is 13.1 Å². The number of rotatable bonds is 9. The molecular weight excluding hydrogens is 410 g/mol. The molecule has 3 N–H and O–H groups in total. The van der Waals surface area contributed by atoms with E-state index < -0.39 is 11.7 Å². The van der Waals surface area contributed by atoms with Crippen LogP contribution in [0, 0.1) is 0 Å². The van der Waals surface area contributed by atoms with Crippen molar-refractivity contribution in [2.24, 2.45) is 0 Å². The largest absolute Gasteiger partial charge is 0.444 e. The van der Waals surface area contributed by atoms with Crippen LogP contribution in [0.5, 0.6) is 0 Å². The lowest BCUT2D eigenvalue weighted by Gasteiger charge is -2.19. The van der Waals surface area contributed by atoms with Gasteiger partial charge in [0, 0.05) is 19.5 Å². The fraction of sp³-hybridized carbons (Fsp3) is 0.375. The van der Waals surface area contributed by atoms with Gasteiger partial charge in [-0.2, -0.15) is 0 Å². The number of carbonyl (C=O) groups is 2. The van der Waals surface area contributed by atoms with E-state index in [0.717, 1.165) is 24.1 Å². The van der Waals surface area contributed by atoms with Crippen LogP contribution < -0.4 is 16.0 Å². The fourth-order valence-electron chi connectivity index (χ4n) is 2.83. The van der Waals surface area contributed by atoms with Crippen LogP contribution in [-0.2, 0) is 28.9 Å². The first kappa shape index (κ1) is 24.3. The Kier molecular flexibility index (Phi) is 9.46. The van der Waals surface area contributed by atoms with Crippen LogP contribution in [0.25, 0.3) is 0 Å². The van der Waals surface area contributed by atoms with Gasteiger partial charge in [0.05, 0.1) is 6.54 Å². The van der Waals surface area contributed by atoms with Crippen molar-refractivity contribution < 1.29 is 14.3 Å². The molecule has 0 saturated heterocycles. The number of nitrogens with one attached hydrogen (secondary N) is 3. The zero-order chi connectivity index (χ0) is 22.7. The van der Waals surface area contributed by atoms with Gasteiger partial charge in [0.15, 0.2) is 10.9 Å². The average molecular weight is 442 g/mol. The number of hydrogen-bond acceptors (Lipinski definition) is 4. The smallest absolute Gasteiger partial charge is 0.408 e. The first-order valence-corrected chi connectivity index (χ1v) is 10.7. The number of benzene rings is 2. The molecule has 0 unspecified atom stereocenters. The van der Waals surface area contributed by atoms with E-state index in [1.807, 2.05) is 42.5 Å². The number of hydrogen-bond donors (Lipinski definition) is 3. The van der Waals surface area contributed by atoms with Crippen molar-refractivity contribution in [3.05, 3.63) is 71.3 Å². The summed E-state index contributed by atoms with van der Waals surface area (Å²) in [6, 6.07) is 18.0. The van der Waals surface area contributed by atoms with Crippen molar-refractivity contribution >= 4 is 29.2 Å². The molecule has 0 aliphatic rings. The summed E-state index contributed by atoms with van der Waals surface area (Å²) in [6.45, 7) is 6.59. The molecule has 1 amide bonds. The molecule has 0 radical (unpaired) electrons. The molecule has 0 spiro atoms. The molecule has 0 atom stereocenters. The van der Waals surface area contributed by atoms with E-state index in [1.165, 1.54) is 5.56 Å². The van der Waals surface area contributed by atoms with Crippen LogP contribution in [0.3, 0.4) is 0 Å². The maximum atomic E-state index is 12.2. The highest BCUT2D eigenvalue weighted by Gasteiger charge is 2.16. The van der Waals surface area contributed by atoms with E-state index in [0.29, 0.717) is 11.7 Å². The molecule has 2 aromatic rings. The van der Waals surface area contributed by atoms with Crippen LogP contribution in [0.2, 0.25) is 0 Å². The van der Waals surface area contributed by atoms with Gasteiger partial charge in [0.2, 0.25) is 0 Å². The Labute approximate surface area is 189 Å². The SMILES string of the molecule is CC(C)(C)OC(=O)NCC(=O)Cc1cccc(CNC(=S)NCCc2ccccc2)c1. The van der Waals surface area contributed by atoms with Gasteiger partial charge in [-0.25, -0.2) is 4.79 Å². The number of carbonyl (C=O) groups excluding carboxylic acids is 2. The summed E-state index contributed by atoms with van der Waals surface area (Å²) in [7, 11) is 0. The van der Waals surface area contributed by atoms with Gasteiger partial charge < -0.3 is 20.7 Å². The minimum Gasteiger partial charge on any atom is -0.444 e. The summed E-state index contributed by atoms with van der Waals surface area (Å²) in [4.78, 5) is 23.8. The van der Waals surface area contributed by atoms with E-state index in [4.69, 9.17) is 17.0 Å². The second-order valence-electron chi connectivity index (χ2n) is 8.24. The highest BCUT2D eigenvalue weighted by Crippen LogP contribution is 2.08. The Morgan fingerprint density at radius 2 is 1.58 bits per heavy atom. The normalized spacial score (nSPS) is 10.8. The summed E-state index contributed by atoms with van der Waals surface area (Å²) < 4.78 is 5.14. The second-order valence-corrected chi connectivity index (χ2v) is 8.64. The molecule has 2 aromatic carbocycles. The van der Waals surface area contributed by atoms with Crippen molar-refractivity contribution in [2.45, 2.75) is 45.8 Å². The molecule has 0 aromatic heterocycles. The van der Waals surface area contributed by atoms with Gasteiger partial charge >= 0.3 is 6.09 Å². The van der Waals surface area contributed by atoms with Crippen molar-refractivity contribution in [1.82, 2.24) is 16.0 Å². The monoisotopic (exact) mass is 441 g/mol. The zero-order valence-electron chi connectivity index (χ0n) is 18.4. The average Bonchev–Trinajstić information content (AvgIpc) is 2.71. The second kappa shape index (κ2) is 12.1. The highest BCUT2D eigenvalue weighted by atomic mass is 32.1. The Bertz CT molecular complexity index is 879. The molecular formula is C24H31N3O3S. The van der Waals surface area contributed by atoms with Crippen LogP contribution in [-0.4, -0.2) is 35.7 Å². The quantitative estimate of drug-likeness (QED) is 0.517. The van der Waals surface area contributed by atoms with Crippen molar-refractivity contribution in [3.63, 3.8) is 0 Å². The van der Waals surface area contributed by atoms with Gasteiger partial charge in [-0.05, 0) is 56.1 Å². The molecule has 31 heavy (non-hydrogen) atoms. The summed E-state index contributed by atoms with van der Waals surface area (Å²) in [5, 5.41) is 9.49. The minimum absolute atomic E-state index is 0.0627. The Balaban J connectivity index is 1.71. The van der Waals surface area contributed by atoms with Crippen molar-refractivity contribution in [1.29, 1.82) is 0 Å². The lowest BCUT2D eigenvalue weighted by atomic mass is 10.1. The molecule has 0 heterocycles. The molecule has 166 valence electrons. The van der Waals surface area contributed by atoms with Gasteiger partial charge in [-0.3, -0.25) is 4.79 Å². The standard InChI is InChI=1S/C24H31N3O3S/c1-24(2,3)30-23(29)27-17-21(28)15-19-10-7-11-20(14-19)16-26-22(31)25-13-12-18-8-5-4-6-9-18/h4-11,14H,12-13,15-17H2,1-3H3,(H,27,29)(H2,25,26,31). The number of ether oxygens (including phenoxy) is 1. The van der Waals surface area contributed by atoms with E-state index >= 15 is 0 Å². The van der Waals surface area contributed by atoms with Crippen LogP contribution in [0.1, 0.15) is 37.5 Å². The Hall–Kier alpha value is -2.93. The molecule has 0 fully saturated rings. The Morgan fingerprint density at radius 1 is 0.903 bits per heavy atom. The number of thiocarbonyl (C=S) groups is 1. The fourth-order valence-corrected chi connectivity index (χ4v) is 3.01. The zero-order valence-corrected chi connectivity index (χ0v) is 19.2. The Morgan fingerprint density at radius 3 is 2.29 bits per heavy atom. The number of Topliss-reactive ketones (excluding diaryl/α,β-unsaturated/α-hetero) is 1. The lowest BCUT2D eigenvalue weighted by molar-refractivity contribution is -0.117. The molecule has 0 aliphatic carbocycles. The number of ketones is 1. The topological polar surface area (TPSA) is 79.5 Å². The van der Waals surface area contributed by atoms with E-state index in [9.17, 15) is 9.59 Å². The molecule has 7 heteroatoms. The molecule has 0 saturated carbocycles.